The number of nitrogens with one attached hydrogen (secondary N) is 1. The van der Waals surface area contributed by atoms with Crippen LogP contribution in [0.2, 0.25) is 0 Å². The van der Waals surface area contributed by atoms with Crippen LogP contribution in [0.3, 0.4) is 0 Å². The van der Waals surface area contributed by atoms with Gasteiger partial charge >= 0.3 is 6.03 Å². The Bertz CT molecular complexity index is 474. The van der Waals surface area contributed by atoms with E-state index in [-0.39, 0.29) is 11.4 Å². The van der Waals surface area contributed by atoms with Crippen LogP contribution in [0.5, 0.6) is 0 Å². The van der Waals surface area contributed by atoms with Gasteiger partial charge < -0.3 is 5.32 Å². The van der Waals surface area contributed by atoms with Crippen LogP contribution in [-0.2, 0) is 5.41 Å². The summed E-state index contributed by atoms with van der Waals surface area (Å²) in [6, 6.07) is 3.97. The summed E-state index contributed by atoms with van der Waals surface area (Å²) in [4.78, 5) is 16.8. The van der Waals surface area contributed by atoms with Crippen LogP contribution in [-0.4, -0.2) is 22.1 Å². The lowest BCUT2D eigenvalue weighted by Crippen LogP contribution is -2.38. The monoisotopic (exact) mass is 249 g/mol. The fourth-order valence-electron chi connectivity index (χ4n) is 1.52. The molecule has 4 nitrogen and oxygen atoms in total. The van der Waals surface area contributed by atoms with Gasteiger partial charge in [-0.05, 0) is 11.4 Å². The van der Waals surface area contributed by atoms with E-state index in [1.807, 2.05) is 6.07 Å². The normalized spacial score (nSPS) is 11.4. The van der Waals surface area contributed by atoms with Crippen molar-refractivity contribution in [3.63, 3.8) is 0 Å². The zero-order chi connectivity index (χ0) is 12.3. The van der Waals surface area contributed by atoms with Crippen molar-refractivity contribution in [3.05, 3.63) is 41.1 Å². The standard InChI is InChI=1S/C12H15N3OS/c1-12(2,10-4-3-7-17-10)8-14-11(16)15-6-5-13-9-15/h3-7,9H,8H2,1-2H3,(H,14,16). The van der Waals surface area contributed by atoms with Crippen LogP contribution in [0.4, 0.5) is 4.79 Å². The Labute approximate surface area is 104 Å². The van der Waals surface area contributed by atoms with Gasteiger partial charge in [0.1, 0.15) is 6.33 Å². The molecule has 0 saturated heterocycles. The average Bonchev–Trinajstić information content (AvgIpc) is 2.97. The largest absolute Gasteiger partial charge is 0.336 e. The van der Waals surface area contributed by atoms with E-state index >= 15 is 0 Å². The van der Waals surface area contributed by atoms with E-state index < -0.39 is 0 Å². The van der Waals surface area contributed by atoms with Gasteiger partial charge in [0, 0.05) is 29.2 Å². The maximum Gasteiger partial charge on any atom is 0.326 e. The fraction of sp³-hybridized carbons (Fsp3) is 0.333. The Morgan fingerprint density at radius 1 is 1.59 bits per heavy atom. The summed E-state index contributed by atoms with van der Waals surface area (Å²) in [5, 5.41) is 4.95. The SMILES string of the molecule is CC(C)(CNC(=O)n1ccnc1)c1cccs1. The van der Waals surface area contributed by atoms with Crippen LogP contribution < -0.4 is 5.32 Å². The molecule has 2 heterocycles. The van der Waals surface area contributed by atoms with Crippen LogP contribution in [0.1, 0.15) is 18.7 Å². The molecule has 2 rings (SSSR count). The van der Waals surface area contributed by atoms with Crippen LogP contribution in [0, 0.1) is 0 Å². The summed E-state index contributed by atoms with van der Waals surface area (Å²) >= 11 is 1.71. The average molecular weight is 249 g/mol. The Kier molecular flexibility index (Phi) is 3.28. The summed E-state index contributed by atoms with van der Waals surface area (Å²) in [6.45, 7) is 4.84. The lowest BCUT2D eigenvalue weighted by atomic mass is 9.91. The Hall–Kier alpha value is -1.62. The molecule has 0 radical (unpaired) electrons. The molecular formula is C12H15N3OS. The third-order valence-electron chi connectivity index (χ3n) is 2.61. The summed E-state index contributed by atoms with van der Waals surface area (Å²) in [5.74, 6) is 0. The van der Waals surface area contributed by atoms with Crippen molar-refractivity contribution >= 4 is 17.4 Å². The van der Waals surface area contributed by atoms with Crippen LogP contribution in [0.25, 0.3) is 0 Å². The summed E-state index contributed by atoms with van der Waals surface area (Å²) in [7, 11) is 0. The summed E-state index contributed by atoms with van der Waals surface area (Å²) in [6.07, 6.45) is 4.71. The molecule has 0 fully saturated rings. The van der Waals surface area contributed by atoms with Crippen molar-refractivity contribution in [1.82, 2.24) is 14.9 Å². The topological polar surface area (TPSA) is 46.9 Å². The number of imidazole rings is 1. The van der Waals surface area contributed by atoms with Gasteiger partial charge in [-0.2, -0.15) is 0 Å². The molecule has 0 saturated carbocycles. The van der Waals surface area contributed by atoms with Gasteiger partial charge in [-0.25, -0.2) is 9.78 Å². The maximum absolute atomic E-state index is 11.7. The lowest BCUT2D eigenvalue weighted by molar-refractivity contribution is 0.240. The second-order valence-electron chi connectivity index (χ2n) is 4.49. The van der Waals surface area contributed by atoms with Gasteiger partial charge in [0.2, 0.25) is 0 Å². The summed E-state index contributed by atoms with van der Waals surface area (Å²) < 4.78 is 1.44. The number of carbonyl (C=O) groups excluding carboxylic acids is 1. The zero-order valence-corrected chi connectivity index (χ0v) is 10.7. The van der Waals surface area contributed by atoms with E-state index in [1.165, 1.54) is 15.8 Å². The maximum atomic E-state index is 11.7. The third kappa shape index (κ3) is 2.74. The van der Waals surface area contributed by atoms with Crippen molar-refractivity contribution in [2.75, 3.05) is 6.54 Å². The molecule has 1 N–H and O–H groups in total. The first-order chi connectivity index (χ1) is 8.09. The molecule has 0 atom stereocenters. The third-order valence-corrected chi connectivity index (χ3v) is 3.84. The molecule has 2 aromatic heterocycles. The number of aromatic nitrogens is 2. The second-order valence-corrected chi connectivity index (χ2v) is 5.44. The zero-order valence-electron chi connectivity index (χ0n) is 9.88. The van der Waals surface area contributed by atoms with E-state index in [0.717, 1.165) is 0 Å². The first-order valence-corrected chi connectivity index (χ1v) is 6.28. The predicted octanol–water partition coefficient (Wildman–Crippen LogP) is 2.48. The highest BCUT2D eigenvalue weighted by Crippen LogP contribution is 2.26. The lowest BCUT2D eigenvalue weighted by Gasteiger charge is -2.23. The quantitative estimate of drug-likeness (QED) is 0.908. The van der Waals surface area contributed by atoms with Gasteiger partial charge in [-0.1, -0.05) is 19.9 Å². The Balaban J connectivity index is 1.96. The van der Waals surface area contributed by atoms with Gasteiger partial charge in [0.15, 0.2) is 0 Å². The number of thiophene rings is 1. The van der Waals surface area contributed by atoms with E-state index in [0.29, 0.717) is 6.54 Å². The minimum Gasteiger partial charge on any atom is -0.336 e. The number of hydrogen-bond acceptors (Lipinski definition) is 3. The molecule has 17 heavy (non-hydrogen) atoms. The fourth-order valence-corrected chi connectivity index (χ4v) is 2.37. The van der Waals surface area contributed by atoms with Crippen molar-refractivity contribution in [1.29, 1.82) is 0 Å². The highest BCUT2D eigenvalue weighted by atomic mass is 32.1. The minimum absolute atomic E-state index is 0.0512. The molecule has 0 aliphatic carbocycles. The van der Waals surface area contributed by atoms with Gasteiger partial charge in [-0.15, -0.1) is 11.3 Å². The molecule has 0 aliphatic rings. The molecule has 90 valence electrons. The molecule has 2 aromatic rings. The van der Waals surface area contributed by atoms with E-state index in [2.05, 4.69) is 35.6 Å². The molecular weight excluding hydrogens is 234 g/mol. The highest BCUT2D eigenvalue weighted by Gasteiger charge is 2.22. The second kappa shape index (κ2) is 4.71. The molecule has 0 aromatic carbocycles. The number of carbonyl (C=O) groups is 1. The summed E-state index contributed by atoms with van der Waals surface area (Å²) in [5.41, 5.74) is -0.0512. The molecule has 0 spiro atoms. The van der Waals surface area contributed by atoms with E-state index in [9.17, 15) is 4.79 Å². The number of nitrogens with zero attached hydrogens (tertiary/aromatic N) is 2. The first kappa shape index (κ1) is 11.9. The Morgan fingerprint density at radius 3 is 3.00 bits per heavy atom. The van der Waals surface area contributed by atoms with Crippen LogP contribution in [0.15, 0.2) is 36.2 Å². The van der Waals surface area contributed by atoms with Crippen molar-refractivity contribution in [2.24, 2.45) is 0 Å². The smallest absolute Gasteiger partial charge is 0.326 e. The highest BCUT2D eigenvalue weighted by molar-refractivity contribution is 7.10. The van der Waals surface area contributed by atoms with E-state index in [4.69, 9.17) is 0 Å². The molecule has 0 aliphatic heterocycles. The van der Waals surface area contributed by atoms with Crippen molar-refractivity contribution < 1.29 is 4.79 Å². The number of hydrogen-bond donors (Lipinski definition) is 1. The van der Waals surface area contributed by atoms with Gasteiger partial charge in [0.05, 0.1) is 0 Å². The van der Waals surface area contributed by atoms with Crippen molar-refractivity contribution in [2.45, 2.75) is 19.3 Å². The van der Waals surface area contributed by atoms with E-state index in [1.54, 1.807) is 23.7 Å². The molecule has 0 unspecified atom stereocenters. The van der Waals surface area contributed by atoms with Crippen molar-refractivity contribution in [3.8, 4) is 0 Å². The van der Waals surface area contributed by atoms with Gasteiger partial charge in [-0.3, -0.25) is 4.57 Å². The predicted molar refractivity (Wildman–Crippen MR) is 68.4 cm³/mol. The molecule has 0 bridgehead atoms. The number of amides is 1. The Morgan fingerprint density at radius 2 is 2.41 bits per heavy atom. The minimum atomic E-state index is -0.146. The first-order valence-electron chi connectivity index (χ1n) is 5.40. The molecule has 1 amide bonds. The molecule has 5 heteroatoms. The van der Waals surface area contributed by atoms with Gasteiger partial charge in [0.25, 0.3) is 0 Å². The number of rotatable bonds is 3. The van der Waals surface area contributed by atoms with Crippen LogP contribution >= 0.6 is 11.3 Å².